The smallest absolute Gasteiger partial charge is 0.411 e. The molecule has 1 aromatic carbocycles. The standard InChI is InChI=1S/C10H13N3O.C4H10O.C2H3F3O.C2H6.2H2O/c1-11-9-6-12-7-4-2-3-5-8(7)13-10(9)14;1-4(2,3)5;3-2(4,5)1-6;1-2;;/h2-5,9,11-12H,6H2,1H3,(H,13,14);5H,1-3H3;6H,1H2;1-2H3;2*1H2/t9-;;;;;/m0...../s1. The predicted octanol–water partition coefficient (Wildman–Crippen LogP) is 1.33. The highest BCUT2D eigenvalue weighted by atomic mass is 19.4. The van der Waals surface area contributed by atoms with E-state index < -0.39 is 18.4 Å². The number of fused-ring (bicyclic) bond motifs is 1. The van der Waals surface area contributed by atoms with Gasteiger partial charge in [0.05, 0.1) is 17.0 Å². The summed E-state index contributed by atoms with van der Waals surface area (Å²) in [4.78, 5) is 11.6. The van der Waals surface area contributed by atoms with Crippen molar-refractivity contribution in [3.63, 3.8) is 0 Å². The first-order chi connectivity index (χ1) is 12.4. The van der Waals surface area contributed by atoms with Crippen LogP contribution in [0.15, 0.2) is 24.3 Å². The van der Waals surface area contributed by atoms with E-state index in [1.54, 1.807) is 27.8 Å². The largest absolute Gasteiger partial charge is 0.412 e. The fourth-order valence-electron chi connectivity index (χ4n) is 1.50. The number of hydrogen-bond acceptors (Lipinski definition) is 5. The lowest BCUT2D eigenvalue weighted by Gasteiger charge is -2.10. The quantitative estimate of drug-likeness (QED) is 0.453. The van der Waals surface area contributed by atoms with E-state index in [-0.39, 0.29) is 22.9 Å². The number of aliphatic hydroxyl groups is 2. The van der Waals surface area contributed by atoms with Gasteiger partial charge in [-0.3, -0.25) is 4.79 Å². The average molecular weight is 431 g/mol. The second kappa shape index (κ2) is 17.0. The number of amides is 1. The molecule has 0 aromatic heterocycles. The summed E-state index contributed by atoms with van der Waals surface area (Å²) in [6.45, 7) is 8.11. The molecule has 1 heterocycles. The van der Waals surface area contributed by atoms with Crippen molar-refractivity contribution in [2.75, 3.05) is 30.8 Å². The summed E-state index contributed by atoms with van der Waals surface area (Å²) in [5, 5.41) is 24.8. The molecule has 1 aliphatic heterocycles. The van der Waals surface area contributed by atoms with Gasteiger partial charge in [-0.15, -0.1) is 0 Å². The molecule has 174 valence electrons. The van der Waals surface area contributed by atoms with Crippen molar-refractivity contribution in [3.8, 4) is 0 Å². The molecule has 0 aliphatic carbocycles. The van der Waals surface area contributed by atoms with Crippen molar-refractivity contribution in [2.24, 2.45) is 0 Å². The zero-order valence-corrected chi connectivity index (χ0v) is 17.7. The lowest BCUT2D eigenvalue weighted by Crippen LogP contribution is -2.41. The van der Waals surface area contributed by atoms with Crippen molar-refractivity contribution in [1.29, 1.82) is 0 Å². The number of rotatable bonds is 1. The molecule has 0 spiro atoms. The summed E-state index contributed by atoms with van der Waals surface area (Å²) < 4.78 is 31.6. The number of aliphatic hydroxyl groups excluding tert-OH is 1. The number of likely N-dealkylation sites (N-methyl/N-ethyl adjacent to an activating group) is 1. The van der Waals surface area contributed by atoms with Crippen LogP contribution in [0.2, 0.25) is 0 Å². The number of alkyl halides is 3. The fourth-order valence-corrected chi connectivity index (χ4v) is 1.50. The Labute approximate surface area is 170 Å². The summed E-state index contributed by atoms with van der Waals surface area (Å²) in [6.07, 6.45) is -4.40. The number of hydrogen-bond donors (Lipinski definition) is 5. The highest BCUT2D eigenvalue weighted by Gasteiger charge is 2.24. The summed E-state index contributed by atoms with van der Waals surface area (Å²) in [5.41, 5.74) is 1.31. The van der Waals surface area contributed by atoms with Gasteiger partial charge in [0.25, 0.3) is 0 Å². The molecule has 1 amide bonds. The molecular weight excluding hydrogens is 395 g/mol. The first kappa shape index (κ1) is 34.6. The van der Waals surface area contributed by atoms with Crippen LogP contribution in [0.4, 0.5) is 24.5 Å². The van der Waals surface area contributed by atoms with Gasteiger partial charge in [-0.2, -0.15) is 13.2 Å². The van der Waals surface area contributed by atoms with E-state index in [4.69, 9.17) is 10.2 Å². The second-order valence-electron chi connectivity index (χ2n) is 6.20. The molecule has 0 radical (unpaired) electrons. The first-order valence-corrected chi connectivity index (χ1v) is 8.58. The lowest BCUT2D eigenvalue weighted by atomic mass is 10.2. The monoisotopic (exact) mass is 431 g/mol. The van der Waals surface area contributed by atoms with Crippen LogP contribution in [-0.2, 0) is 4.79 Å². The number of carbonyl (C=O) groups excluding carboxylic acids is 1. The SMILES string of the molecule is CC.CC(C)(C)O.CN[C@H]1CNc2ccccc2NC1=O.O.O.OCC(F)(F)F. The van der Waals surface area contributed by atoms with Crippen LogP contribution in [0.3, 0.4) is 0 Å². The molecule has 29 heavy (non-hydrogen) atoms. The van der Waals surface area contributed by atoms with E-state index in [0.29, 0.717) is 6.54 Å². The van der Waals surface area contributed by atoms with Gasteiger partial charge in [0.15, 0.2) is 0 Å². The van der Waals surface area contributed by atoms with E-state index in [0.717, 1.165) is 11.4 Å². The Morgan fingerprint density at radius 1 is 1.10 bits per heavy atom. The van der Waals surface area contributed by atoms with E-state index in [1.807, 2.05) is 38.1 Å². The van der Waals surface area contributed by atoms with E-state index in [2.05, 4.69) is 16.0 Å². The number of nitrogens with one attached hydrogen (secondary N) is 3. The van der Waals surface area contributed by atoms with Crippen molar-refractivity contribution in [2.45, 2.75) is 52.4 Å². The molecule has 8 nitrogen and oxygen atoms in total. The maximum absolute atomic E-state index is 11.6. The fraction of sp³-hybridized carbons (Fsp3) is 0.611. The molecule has 1 aliphatic rings. The number of carbonyl (C=O) groups is 1. The van der Waals surface area contributed by atoms with Gasteiger partial charge < -0.3 is 37.1 Å². The van der Waals surface area contributed by atoms with E-state index in [1.165, 1.54) is 0 Å². The second-order valence-corrected chi connectivity index (χ2v) is 6.20. The maximum atomic E-state index is 11.6. The van der Waals surface area contributed by atoms with Crippen LogP contribution < -0.4 is 16.0 Å². The lowest BCUT2D eigenvalue weighted by molar-refractivity contribution is -0.159. The molecular formula is C18H36F3N3O5. The van der Waals surface area contributed by atoms with Crippen LogP contribution in [0.1, 0.15) is 34.6 Å². The molecule has 1 atom stereocenters. The Kier molecular flexibility index (Phi) is 20.2. The Balaban J connectivity index is -0.000000178. The summed E-state index contributed by atoms with van der Waals surface area (Å²) in [5.74, 6) is 0.00458. The normalized spacial score (nSPS) is 14.6. The molecule has 11 heteroatoms. The molecule has 2 rings (SSSR count). The highest BCUT2D eigenvalue weighted by Crippen LogP contribution is 2.22. The van der Waals surface area contributed by atoms with E-state index in [9.17, 15) is 18.0 Å². The average Bonchev–Trinajstić information content (AvgIpc) is 2.73. The minimum absolute atomic E-state index is 0. The minimum Gasteiger partial charge on any atom is -0.412 e. The molecule has 0 saturated heterocycles. The highest BCUT2D eigenvalue weighted by molar-refractivity contribution is 5.99. The van der Waals surface area contributed by atoms with Crippen molar-refractivity contribution in [1.82, 2.24) is 5.32 Å². The van der Waals surface area contributed by atoms with Gasteiger partial charge in [-0.1, -0.05) is 26.0 Å². The number of benzene rings is 1. The van der Waals surface area contributed by atoms with Crippen molar-refractivity contribution in [3.05, 3.63) is 24.3 Å². The van der Waals surface area contributed by atoms with Crippen LogP contribution in [0.5, 0.6) is 0 Å². The number of para-hydroxylation sites is 2. The van der Waals surface area contributed by atoms with Gasteiger partial charge >= 0.3 is 6.18 Å². The van der Waals surface area contributed by atoms with Gasteiger partial charge in [-0.25, -0.2) is 0 Å². The van der Waals surface area contributed by atoms with Gasteiger partial charge in [0.1, 0.15) is 12.6 Å². The van der Waals surface area contributed by atoms with Crippen LogP contribution in [-0.4, -0.2) is 65.1 Å². The Morgan fingerprint density at radius 3 is 1.83 bits per heavy atom. The van der Waals surface area contributed by atoms with Gasteiger partial charge in [0.2, 0.25) is 5.91 Å². The zero-order chi connectivity index (χ0) is 21.7. The van der Waals surface area contributed by atoms with Crippen LogP contribution >= 0.6 is 0 Å². The van der Waals surface area contributed by atoms with Crippen molar-refractivity contribution >= 4 is 17.3 Å². The third kappa shape index (κ3) is 20.6. The third-order valence-corrected chi connectivity index (χ3v) is 2.53. The molecule has 1 aromatic rings. The van der Waals surface area contributed by atoms with E-state index >= 15 is 0 Å². The van der Waals surface area contributed by atoms with Crippen LogP contribution in [0, 0.1) is 0 Å². The molecule has 0 fully saturated rings. The number of anilines is 2. The predicted molar refractivity (Wildman–Crippen MR) is 110 cm³/mol. The number of halogens is 3. The van der Waals surface area contributed by atoms with Gasteiger partial charge in [0, 0.05) is 6.54 Å². The third-order valence-electron chi connectivity index (χ3n) is 2.53. The summed E-state index contributed by atoms with van der Waals surface area (Å²) in [7, 11) is 1.78. The first-order valence-electron chi connectivity index (χ1n) is 8.58. The molecule has 0 bridgehead atoms. The minimum atomic E-state index is -4.40. The topological polar surface area (TPSA) is 157 Å². The molecule has 9 N–H and O–H groups in total. The Bertz CT molecular complexity index is 532. The van der Waals surface area contributed by atoms with Gasteiger partial charge in [-0.05, 0) is 40.0 Å². The summed E-state index contributed by atoms with van der Waals surface area (Å²) >= 11 is 0. The molecule has 0 unspecified atom stereocenters. The van der Waals surface area contributed by atoms with Crippen molar-refractivity contribution < 1.29 is 39.1 Å². The maximum Gasteiger partial charge on any atom is 0.411 e. The Morgan fingerprint density at radius 2 is 1.48 bits per heavy atom. The zero-order valence-electron chi connectivity index (χ0n) is 17.7. The summed E-state index contributed by atoms with van der Waals surface area (Å²) in [6, 6.07) is 7.51. The Hall–Kier alpha value is -1.92. The van der Waals surface area contributed by atoms with Crippen LogP contribution in [0.25, 0.3) is 0 Å². The molecule has 0 saturated carbocycles.